The topological polar surface area (TPSA) is 72.5 Å². The summed E-state index contributed by atoms with van der Waals surface area (Å²) in [7, 11) is 0. The highest BCUT2D eigenvalue weighted by Crippen LogP contribution is 2.27. The Balaban J connectivity index is 3.10. The van der Waals surface area contributed by atoms with Crippen LogP contribution in [-0.4, -0.2) is 17.7 Å². The number of nitrogen functional groups attached to an aromatic ring is 1. The number of aromatic carboxylic acids is 1. The van der Waals surface area contributed by atoms with Crippen LogP contribution in [0.4, 0.5) is 10.1 Å². The van der Waals surface area contributed by atoms with Gasteiger partial charge in [0.1, 0.15) is 11.6 Å². The number of ether oxygens (including phenoxy) is 1. The minimum Gasteiger partial charge on any atom is -0.491 e. The summed E-state index contributed by atoms with van der Waals surface area (Å²) in [5.41, 5.74) is 5.20. The zero-order valence-corrected chi connectivity index (χ0v) is 8.29. The molecule has 0 aromatic heterocycles. The first-order chi connectivity index (χ1) is 7.06. The van der Waals surface area contributed by atoms with E-state index in [0.717, 1.165) is 18.6 Å². The fourth-order valence-electron chi connectivity index (χ4n) is 1.10. The summed E-state index contributed by atoms with van der Waals surface area (Å²) in [5.74, 6) is -1.87. The van der Waals surface area contributed by atoms with E-state index in [1.807, 2.05) is 6.92 Å². The minimum atomic E-state index is -1.27. The quantitative estimate of drug-likeness (QED) is 0.749. The zero-order chi connectivity index (χ0) is 11.4. The average molecular weight is 213 g/mol. The number of carboxylic acids is 1. The molecule has 0 spiro atoms. The Hall–Kier alpha value is -1.78. The monoisotopic (exact) mass is 213 g/mol. The molecular weight excluding hydrogens is 201 g/mol. The van der Waals surface area contributed by atoms with Crippen molar-refractivity contribution >= 4 is 11.7 Å². The van der Waals surface area contributed by atoms with Crippen molar-refractivity contribution in [2.75, 3.05) is 12.3 Å². The van der Waals surface area contributed by atoms with Crippen LogP contribution in [0.3, 0.4) is 0 Å². The number of anilines is 1. The lowest BCUT2D eigenvalue weighted by Crippen LogP contribution is -2.07. The Labute approximate surface area is 86.5 Å². The van der Waals surface area contributed by atoms with Crippen LogP contribution in [0.2, 0.25) is 0 Å². The normalized spacial score (nSPS) is 10.0. The van der Waals surface area contributed by atoms with Crippen molar-refractivity contribution < 1.29 is 19.0 Å². The summed E-state index contributed by atoms with van der Waals surface area (Å²) < 4.78 is 18.1. The van der Waals surface area contributed by atoms with Crippen molar-refractivity contribution in [1.29, 1.82) is 0 Å². The van der Waals surface area contributed by atoms with Gasteiger partial charge in [-0.15, -0.1) is 0 Å². The van der Waals surface area contributed by atoms with Gasteiger partial charge in [-0.3, -0.25) is 0 Å². The number of hydrogen-bond donors (Lipinski definition) is 2. The molecule has 0 aliphatic heterocycles. The number of nitrogens with two attached hydrogens (primary N) is 1. The van der Waals surface area contributed by atoms with Crippen LogP contribution in [0.5, 0.6) is 5.75 Å². The molecular formula is C10H12FNO3. The van der Waals surface area contributed by atoms with E-state index in [1.165, 1.54) is 0 Å². The van der Waals surface area contributed by atoms with Gasteiger partial charge < -0.3 is 15.6 Å². The highest BCUT2D eigenvalue weighted by atomic mass is 19.1. The van der Waals surface area contributed by atoms with Crippen molar-refractivity contribution in [3.63, 3.8) is 0 Å². The van der Waals surface area contributed by atoms with Crippen LogP contribution in [-0.2, 0) is 0 Å². The predicted molar refractivity (Wildman–Crippen MR) is 53.6 cm³/mol. The Morgan fingerprint density at radius 2 is 2.27 bits per heavy atom. The van der Waals surface area contributed by atoms with E-state index in [1.54, 1.807) is 0 Å². The molecule has 0 fully saturated rings. The summed E-state index contributed by atoms with van der Waals surface area (Å²) >= 11 is 0. The van der Waals surface area contributed by atoms with Gasteiger partial charge in [-0.2, -0.15) is 0 Å². The highest BCUT2D eigenvalue weighted by Gasteiger charge is 2.14. The maximum Gasteiger partial charge on any atom is 0.338 e. The third-order valence-electron chi connectivity index (χ3n) is 1.80. The second kappa shape index (κ2) is 4.63. The predicted octanol–water partition coefficient (Wildman–Crippen LogP) is 1.89. The van der Waals surface area contributed by atoms with Crippen LogP contribution in [0.15, 0.2) is 12.1 Å². The van der Waals surface area contributed by atoms with Gasteiger partial charge in [-0.05, 0) is 12.5 Å². The molecule has 15 heavy (non-hydrogen) atoms. The number of carboxylic acid groups (broad SMARTS) is 1. The summed E-state index contributed by atoms with van der Waals surface area (Å²) in [6.45, 7) is 2.25. The number of benzene rings is 1. The zero-order valence-electron chi connectivity index (χ0n) is 8.29. The number of hydrogen-bond acceptors (Lipinski definition) is 3. The third kappa shape index (κ3) is 2.59. The van der Waals surface area contributed by atoms with Gasteiger partial charge >= 0.3 is 5.97 Å². The van der Waals surface area contributed by atoms with Gasteiger partial charge in [-0.1, -0.05) is 6.92 Å². The first-order valence-electron chi connectivity index (χ1n) is 4.51. The fourth-order valence-corrected chi connectivity index (χ4v) is 1.10. The highest BCUT2D eigenvalue weighted by molar-refractivity contribution is 5.95. The number of carbonyl (C=O) groups is 1. The van der Waals surface area contributed by atoms with Crippen molar-refractivity contribution in [2.24, 2.45) is 0 Å². The fraction of sp³-hybridized carbons (Fsp3) is 0.300. The molecule has 0 atom stereocenters. The van der Waals surface area contributed by atoms with Crippen LogP contribution >= 0.6 is 0 Å². The van der Waals surface area contributed by atoms with Crippen molar-refractivity contribution in [2.45, 2.75) is 13.3 Å². The van der Waals surface area contributed by atoms with E-state index >= 15 is 0 Å². The maximum absolute atomic E-state index is 13.0. The third-order valence-corrected chi connectivity index (χ3v) is 1.80. The second-order valence-corrected chi connectivity index (χ2v) is 3.02. The molecule has 0 radical (unpaired) electrons. The molecule has 0 saturated carbocycles. The van der Waals surface area contributed by atoms with E-state index < -0.39 is 11.8 Å². The standard InChI is InChI=1S/C10H12FNO3/c1-2-3-15-8-5-6(11)4-7(9(8)12)10(13)14/h4-5H,2-3,12H2,1H3,(H,13,14). The molecule has 1 rings (SSSR count). The lowest BCUT2D eigenvalue weighted by molar-refractivity contribution is 0.0697. The van der Waals surface area contributed by atoms with E-state index in [4.69, 9.17) is 15.6 Å². The van der Waals surface area contributed by atoms with E-state index in [-0.39, 0.29) is 17.0 Å². The summed E-state index contributed by atoms with van der Waals surface area (Å²) in [4.78, 5) is 10.7. The second-order valence-electron chi connectivity index (χ2n) is 3.02. The molecule has 3 N–H and O–H groups in total. The first kappa shape index (κ1) is 11.3. The van der Waals surface area contributed by atoms with Gasteiger partial charge in [0.05, 0.1) is 17.9 Å². The van der Waals surface area contributed by atoms with Gasteiger partial charge in [0, 0.05) is 6.07 Å². The molecule has 4 nitrogen and oxygen atoms in total. The van der Waals surface area contributed by atoms with Crippen molar-refractivity contribution in [3.05, 3.63) is 23.5 Å². The molecule has 82 valence electrons. The molecule has 1 aromatic rings. The maximum atomic E-state index is 13.0. The summed E-state index contributed by atoms with van der Waals surface area (Å²) in [6.07, 6.45) is 0.734. The van der Waals surface area contributed by atoms with E-state index in [9.17, 15) is 9.18 Å². The van der Waals surface area contributed by atoms with Crippen LogP contribution in [0, 0.1) is 5.82 Å². The Morgan fingerprint density at radius 3 is 2.80 bits per heavy atom. The Morgan fingerprint density at radius 1 is 1.60 bits per heavy atom. The minimum absolute atomic E-state index is 0.0441. The van der Waals surface area contributed by atoms with Gasteiger partial charge in [0.25, 0.3) is 0 Å². The van der Waals surface area contributed by atoms with Crippen molar-refractivity contribution in [1.82, 2.24) is 0 Å². The summed E-state index contributed by atoms with van der Waals surface area (Å²) in [5, 5.41) is 8.74. The Bertz CT molecular complexity index is 379. The van der Waals surface area contributed by atoms with Gasteiger partial charge in [0.15, 0.2) is 0 Å². The molecule has 0 unspecified atom stereocenters. The molecule has 0 amide bonds. The molecule has 0 aliphatic carbocycles. The van der Waals surface area contributed by atoms with Crippen LogP contribution in [0.1, 0.15) is 23.7 Å². The lowest BCUT2D eigenvalue weighted by Gasteiger charge is -2.09. The molecule has 0 aliphatic rings. The molecule has 5 heteroatoms. The van der Waals surface area contributed by atoms with E-state index in [0.29, 0.717) is 6.61 Å². The summed E-state index contributed by atoms with van der Waals surface area (Å²) in [6, 6.07) is 1.95. The van der Waals surface area contributed by atoms with Gasteiger partial charge in [0.2, 0.25) is 0 Å². The number of halogens is 1. The smallest absolute Gasteiger partial charge is 0.338 e. The average Bonchev–Trinajstić information content (AvgIpc) is 2.18. The lowest BCUT2D eigenvalue weighted by atomic mass is 10.1. The first-order valence-corrected chi connectivity index (χ1v) is 4.51. The molecule has 0 bridgehead atoms. The molecule has 0 heterocycles. The van der Waals surface area contributed by atoms with Crippen LogP contribution < -0.4 is 10.5 Å². The van der Waals surface area contributed by atoms with Crippen molar-refractivity contribution in [3.8, 4) is 5.75 Å². The van der Waals surface area contributed by atoms with Crippen LogP contribution in [0.25, 0.3) is 0 Å². The van der Waals surface area contributed by atoms with Gasteiger partial charge in [-0.25, -0.2) is 9.18 Å². The largest absolute Gasteiger partial charge is 0.491 e. The Kier molecular flexibility index (Phi) is 3.49. The number of rotatable bonds is 4. The molecule has 1 aromatic carbocycles. The van der Waals surface area contributed by atoms with E-state index in [2.05, 4.69) is 0 Å². The SMILES string of the molecule is CCCOc1cc(F)cc(C(=O)O)c1N. The molecule has 0 saturated heterocycles.